The molecule has 0 heterocycles. The van der Waals surface area contributed by atoms with Gasteiger partial charge < -0.3 is 5.73 Å². The number of benzene rings is 2. The molecule has 0 saturated heterocycles. The van der Waals surface area contributed by atoms with Crippen LogP contribution in [0.2, 0.25) is 5.02 Å². The van der Waals surface area contributed by atoms with Crippen LogP contribution >= 0.6 is 11.6 Å². The van der Waals surface area contributed by atoms with Crippen molar-refractivity contribution in [3.63, 3.8) is 0 Å². The smallest absolute Gasteiger partial charge is 0.0441 e. The van der Waals surface area contributed by atoms with Crippen LogP contribution in [0.15, 0.2) is 48.5 Å². The topological polar surface area (TPSA) is 26.0 Å². The molecule has 2 rings (SSSR count). The number of aryl methyl sites for hydroxylation is 1. The first-order chi connectivity index (χ1) is 9.52. The van der Waals surface area contributed by atoms with Crippen LogP contribution in [0.4, 0.5) is 0 Å². The molecule has 0 radical (unpaired) electrons. The minimum absolute atomic E-state index is 0.250. The lowest BCUT2D eigenvalue weighted by atomic mass is 9.83. The van der Waals surface area contributed by atoms with Crippen molar-refractivity contribution < 1.29 is 0 Å². The van der Waals surface area contributed by atoms with Crippen molar-refractivity contribution in [1.82, 2.24) is 0 Å². The van der Waals surface area contributed by atoms with E-state index in [1.165, 1.54) is 11.1 Å². The highest BCUT2D eigenvalue weighted by Crippen LogP contribution is 2.25. The monoisotopic (exact) mass is 287 g/mol. The minimum Gasteiger partial charge on any atom is -0.325 e. The average Bonchev–Trinajstić information content (AvgIpc) is 2.43. The molecule has 106 valence electrons. The lowest BCUT2D eigenvalue weighted by Crippen LogP contribution is -2.43. The van der Waals surface area contributed by atoms with Crippen LogP contribution < -0.4 is 5.73 Å². The van der Waals surface area contributed by atoms with Crippen LogP contribution in [0.5, 0.6) is 0 Å². The van der Waals surface area contributed by atoms with E-state index in [0.717, 1.165) is 29.8 Å². The Bertz CT molecular complexity index is 565. The summed E-state index contributed by atoms with van der Waals surface area (Å²) in [5.41, 5.74) is 9.96. The van der Waals surface area contributed by atoms with Crippen LogP contribution in [-0.4, -0.2) is 5.54 Å². The largest absolute Gasteiger partial charge is 0.325 e. The summed E-state index contributed by atoms with van der Waals surface area (Å²) in [7, 11) is 0. The van der Waals surface area contributed by atoms with Crippen LogP contribution in [0.3, 0.4) is 0 Å². The summed E-state index contributed by atoms with van der Waals surface area (Å²) in [6.07, 6.45) is 2.60. The van der Waals surface area contributed by atoms with E-state index in [2.05, 4.69) is 50.2 Å². The first-order valence-electron chi connectivity index (χ1n) is 7.10. The highest BCUT2D eigenvalue weighted by atomic mass is 35.5. The molecule has 2 N–H and O–H groups in total. The fraction of sp³-hybridized carbons (Fsp3) is 0.333. The van der Waals surface area contributed by atoms with Crippen LogP contribution in [0, 0.1) is 6.92 Å². The summed E-state index contributed by atoms with van der Waals surface area (Å²) >= 11 is 6.34. The molecule has 20 heavy (non-hydrogen) atoms. The third kappa shape index (κ3) is 3.84. The van der Waals surface area contributed by atoms with Gasteiger partial charge in [-0.2, -0.15) is 0 Å². The van der Waals surface area contributed by atoms with Crippen molar-refractivity contribution in [2.45, 2.75) is 38.6 Å². The lowest BCUT2D eigenvalue weighted by Gasteiger charge is -2.29. The van der Waals surface area contributed by atoms with Gasteiger partial charge in [0.2, 0.25) is 0 Å². The van der Waals surface area contributed by atoms with Gasteiger partial charge in [0.1, 0.15) is 0 Å². The fourth-order valence-corrected chi connectivity index (χ4v) is 2.79. The van der Waals surface area contributed by atoms with Crippen molar-refractivity contribution in [3.8, 4) is 0 Å². The number of hydrogen-bond acceptors (Lipinski definition) is 1. The Kier molecular flexibility index (Phi) is 4.85. The van der Waals surface area contributed by atoms with Crippen molar-refractivity contribution >= 4 is 11.6 Å². The maximum absolute atomic E-state index is 6.61. The zero-order valence-corrected chi connectivity index (χ0v) is 13.0. The van der Waals surface area contributed by atoms with Gasteiger partial charge in [-0.15, -0.1) is 0 Å². The van der Waals surface area contributed by atoms with Crippen LogP contribution in [0.25, 0.3) is 0 Å². The van der Waals surface area contributed by atoms with E-state index in [0.29, 0.717) is 0 Å². The maximum atomic E-state index is 6.61. The molecule has 0 bridgehead atoms. The first-order valence-corrected chi connectivity index (χ1v) is 7.48. The number of halogens is 1. The van der Waals surface area contributed by atoms with E-state index in [-0.39, 0.29) is 5.54 Å². The number of rotatable bonds is 5. The molecule has 0 aromatic heterocycles. The molecule has 0 fully saturated rings. The molecule has 0 amide bonds. The highest BCUT2D eigenvalue weighted by Gasteiger charge is 2.24. The molecule has 0 aliphatic rings. The van der Waals surface area contributed by atoms with E-state index in [4.69, 9.17) is 17.3 Å². The van der Waals surface area contributed by atoms with E-state index in [9.17, 15) is 0 Å². The minimum atomic E-state index is -0.250. The van der Waals surface area contributed by atoms with Gasteiger partial charge in [-0.1, -0.05) is 61.0 Å². The van der Waals surface area contributed by atoms with E-state index < -0.39 is 0 Å². The van der Waals surface area contributed by atoms with Crippen molar-refractivity contribution in [3.05, 3.63) is 70.2 Å². The summed E-state index contributed by atoms with van der Waals surface area (Å²) in [4.78, 5) is 0. The second kappa shape index (κ2) is 6.43. The van der Waals surface area contributed by atoms with Crippen molar-refractivity contribution in [2.75, 3.05) is 0 Å². The molecular weight excluding hydrogens is 266 g/mol. The Hall–Kier alpha value is -1.31. The highest BCUT2D eigenvalue weighted by molar-refractivity contribution is 6.31. The van der Waals surface area contributed by atoms with Gasteiger partial charge in [0.15, 0.2) is 0 Å². The van der Waals surface area contributed by atoms with Gasteiger partial charge in [-0.25, -0.2) is 0 Å². The molecule has 2 aromatic rings. The molecule has 0 saturated carbocycles. The van der Waals surface area contributed by atoms with E-state index in [1.807, 2.05) is 12.1 Å². The quantitative estimate of drug-likeness (QED) is 0.858. The van der Waals surface area contributed by atoms with Gasteiger partial charge in [0, 0.05) is 10.6 Å². The Balaban J connectivity index is 2.18. The summed E-state index contributed by atoms with van der Waals surface area (Å²) in [5.74, 6) is 0. The SMILES string of the molecule is CCC(N)(Cc1ccccc1)Cc1ccc(C)cc1Cl. The van der Waals surface area contributed by atoms with Gasteiger partial charge in [0.05, 0.1) is 0 Å². The predicted molar refractivity (Wildman–Crippen MR) is 87.2 cm³/mol. The number of hydrogen-bond donors (Lipinski definition) is 1. The van der Waals surface area contributed by atoms with Crippen molar-refractivity contribution in [2.24, 2.45) is 5.73 Å². The van der Waals surface area contributed by atoms with E-state index >= 15 is 0 Å². The summed E-state index contributed by atoms with van der Waals surface area (Å²) in [6.45, 7) is 4.19. The third-order valence-electron chi connectivity index (χ3n) is 3.85. The Labute approximate surface area is 126 Å². The Morgan fingerprint density at radius 2 is 1.75 bits per heavy atom. The number of nitrogens with two attached hydrogens (primary N) is 1. The molecule has 2 heteroatoms. The molecule has 2 aromatic carbocycles. The van der Waals surface area contributed by atoms with Gasteiger partial charge >= 0.3 is 0 Å². The normalized spacial score (nSPS) is 14.0. The van der Waals surface area contributed by atoms with E-state index in [1.54, 1.807) is 0 Å². The van der Waals surface area contributed by atoms with Gasteiger partial charge in [-0.05, 0) is 48.9 Å². The zero-order valence-electron chi connectivity index (χ0n) is 12.2. The van der Waals surface area contributed by atoms with Crippen LogP contribution in [-0.2, 0) is 12.8 Å². The maximum Gasteiger partial charge on any atom is 0.0441 e. The van der Waals surface area contributed by atoms with Gasteiger partial charge in [0.25, 0.3) is 0 Å². The zero-order chi connectivity index (χ0) is 14.6. The molecule has 0 aliphatic heterocycles. The molecular formula is C18H22ClN. The van der Waals surface area contributed by atoms with Gasteiger partial charge in [-0.3, -0.25) is 0 Å². The molecule has 0 spiro atoms. The summed E-state index contributed by atoms with van der Waals surface area (Å²) in [5, 5.41) is 0.821. The standard InChI is InChI=1S/C18H22ClN/c1-3-18(20,12-15-7-5-4-6-8-15)13-16-10-9-14(2)11-17(16)19/h4-11H,3,12-13,20H2,1-2H3. The first kappa shape index (κ1) is 15.1. The summed E-state index contributed by atoms with van der Waals surface area (Å²) in [6, 6.07) is 16.6. The molecule has 1 nitrogen and oxygen atoms in total. The second-order valence-corrected chi connectivity index (χ2v) is 6.06. The Morgan fingerprint density at radius 3 is 2.35 bits per heavy atom. The molecule has 1 atom stereocenters. The second-order valence-electron chi connectivity index (χ2n) is 5.65. The fourth-order valence-electron chi connectivity index (χ4n) is 2.49. The summed E-state index contributed by atoms with van der Waals surface area (Å²) < 4.78 is 0. The third-order valence-corrected chi connectivity index (χ3v) is 4.21. The van der Waals surface area contributed by atoms with Crippen molar-refractivity contribution in [1.29, 1.82) is 0 Å². The average molecular weight is 288 g/mol. The Morgan fingerprint density at radius 1 is 1.05 bits per heavy atom. The molecule has 1 unspecified atom stereocenters. The molecule has 0 aliphatic carbocycles. The predicted octanol–water partition coefficient (Wildman–Crippen LogP) is 4.54. The lowest BCUT2D eigenvalue weighted by molar-refractivity contribution is 0.404. The van der Waals surface area contributed by atoms with Crippen LogP contribution in [0.1, 0.15) is 30.0 Å².